The largest absolute Gasteiger partial charge is 0.481 e. The van der Waals surface area contributed by atoms with Gasteiger partial charge in [-0.15, -0.1) is 0 Å². The molecule has 1 fully saturated rings. The number of hydrogen-bond donors (Lipinski definition) is 0. The smallest absolute Gasteiger partial charge is 0.213 e. The first-order valence-electron chi connectivity index (χ1n) is 6.75. The number of Topliss-reactive ketones (excluding diaryl/α,β-unsaturated/α-hetero) is 1. The second kappa shape index (κ2) is 6.04. The average molecular weight is 326 g/mol. The first-order chi connectivity index (χ1) is 9.02. The van der Waals surface area contributed by atoms with Crippen LogP contribution in [0.25, 0.3) is 0 Å². The molecule has 0 saturated heterocycles. The topological polar surface area (TPSA) is 39.2 Å². The molecule has 0 unspecified atom stereocenters. The number of halogens is 1. The van der Waals surface area contributed by atoms with Gasteiger partial charge in [-0.25, -0.2) is 4.98 Å². The number of ketones is 1. The fourth-order valence-electron chi connectivity index (χ4n) is 2.74. The highest BCUT2D eigenvalue weighted by atomic mass is 79.9. The molecular formula is C15H20BrNO2. The number of hydrogen-bond acceptors (Lipinski definition) is 3. The van der Waals surface area contributed by atoms with Crippen molar-refractivity contribution in [1.82, 2.24) is 4.98 Å². The lowest BCUT2D eigenvalue weighted by Gasteiger charge is -2.33. The van der Waals surface area contributed by atoms with Crippen LogP contribution in [0.3, 0.4) is 0 Å². The normalized spacial score (nSPS) is 27.4. The summed E-state index contributed by atoms with van der Waals surface area (Å²) in [4.78, 5) is 16.6. The number of carbonyl (C=O) groups is 1. The van der Waals surface area contributed by atoms with Crippen molar-refractivity contribution in [3.63, 3.8) is 0 Å². The molecule has 2 rings (SSSR count). The molecule has 0 aliphatic heterocycles. The maximum atomic E-state index is 12.1. The van der Waals surface area contributed by atoms with E-state index in [2.05, 4.69) is 34.8 Å². The molecule has 1 aliphatic rings. The van der Waals surface area contributed by atoms with Gasteiger partial charge in [-0.3, -0.25) is 4.79 Å². The fraction of sp³-hybridized carbons (Fsp3) is 0.600. The van der Waals surface area contributed by atoms with Crippen molar-refractivity contribution in [3.8, 4) is 5.88 Å². The van der Waals surface area contributed by atoms with Crippen LogP contribution in [0.1, 0.15) is 32.4 Å². The highest BCUT2D eigenvalue weighted by molar-refractivity contribution is 9.10. The Morgan fingerprint density at radius 3 is 2.84 bits per heavy atom. The van der Waals surface area contributed by atoms with E-state index in [1.165, 1.54) is 0 Å². The number of rotatable bonds is 3. The standard InChI is InChI=1S/C15H20BrNO2/c1-9-4-6-14(18)11(10(9)2)8-13-12(16)5-7-15(17-13)19-3/h5,7,9-11H,4,6,8H2,1-3H3/t9-,10+,11-/m1/s1. The lowest BCUT2D eigenvalue weighted by atomic mass is 9.71. The van der Waals surface area contributed by atoms with Crippen molar-refractivity contribution >= 4 is 21.7 Å². The van der Waals surface area contributed by atoms with Crippen molar-refractivity contribution < 1.29 is 9.53 Å². The van der Waals surface area contributed by atoms with Crippen LogP contribution in [0.4, 0.5) is 0 Å². The molecule has 0 amide bonds. The summed E-state index contributed by atoms with van der Waals surface area (Å²) in [6.07, 6.45) is 2.42. The molecule has 1 aromatic rings. The van der Waals surface area contributed by atoms with E-state index in [4.69, 9.17) is 4.74 Å². The van der Waals surface area contributed by atoms with Gasteiger partial charge < -0.3 is 4.74 Å². The number of pyridine rings is 1. The second-order valence-electron chi connectivity index (χ2n) is 5.43. The Kier molecular flexibility index (Phi) is 4.61. The van der Waals surface area contributed by atoms with E-state index >= 15 is 0 Å². The molecule has 0 spiro atoms. The Labute approximate surface area is 122 Å². The van der Waals surface area contributed by atoms with Gasteiger partial charge >= 0.3 is 0 Å². The minimum Gasteiger partial charge on any atom is -0.481 e. The van der Waals surface area contributed by atoms with E-state index in [0.717, 1.165) is 16.6 Å². The van der Waals surface area contributed by atoms with Gasteiger partial charge in [-0.05, 0) is 40.3 Å². The van der Waals surface area contributed by atoms with Crippen LogP contribution in [0.2, 0.25) is 0 Å². The maximum Gasteiger partial charge on any atom is 0.213 e. The zero-order chi connectivity index (χ0) is 14.0. The number of ether oxygens (including phenoxy) is 1. The summed E-state index contributed by atoms with van der Waals surface area (Å²) in [5.74, 6) is 2.08. The van der Waals surface area contributed by atoms with Gasteiger partial charge in [0.1, 0.15) is 5.78 Å². The third kappa shape index (κ3) is 3.16. The van der Waals surface area contributed by atoms with Crippen LogP contribution in [0.5, 0.6) is 5.88 Å². The van der Waals surface area contributed by atoms with Gasteiger partial charge in [0.25, 0.3) is 0 Å². The summed E-state index contributed by atoms with van der Waals surface area (Å²) in [5, 5.41) is 0. The summed E-state index contributed by atoms with van der Waals surface area (Å²) >= 11 is 3.51. The van der Waals surface area contributed by atoms with E-state index < -0.39 is 0 Å². The van der Waals surface area contributed by atoms with Crippen molar-refractivity contribution in [1.29, 1.82) is 0 Å². The Bertz CT molecular complexity index is 475. The molecule has 1 aromatic heterocycles. The van der Waals surface area contributed by atoms with Crippen LogP contribution in [-0.4, -0.2) is 17.9 Å². The molecule has 4 heteroatoms. The minimum atomic E-state index is 0.0830. The van der Waals surface area contributed by atoms with E-state index in [-0.39, 0.29) is 5.92 Å². The Morgan fingerprint density at radius 1 is 1.42 bits per heavy atom. The lowest BCUT2D eigenvalue weighted by molar-refractivity contribution is -0.127. The van der Waals surface area contributed by atoms with Crippen molar-refractivity contribution in [2.75, 3.05) is 7.11 Å². The predicted molar refractivity (Wildman–Crippen MR) is 78.3 cm³/mol. The Hall–Kier alpha value is -0.900. The van der Waals surface area contributed by atoms with E-state index in [0.29, 0.717) is 36.3 Å². The molecule has 1 heterocycles. The zero-order valence-corrected chi connectivity index (χ0v) is 13.2. The molecule has 0 radical (unpaired) electrons. The summed E-state index contributed by atoms with van der Waals surface area (Å²) in [5.41, 5.74) is 0.915. The molecular weight excluding hydrogens is 306 g/mol. The van der Waals surface area contributed by atoms with Gasteiger partial charge in [0.2, 0.25) is 5.88 Å². The Balaban J connectivity index is 2.21. The number of aromatic nitrogens is 1. The molecule has 3 nitrogen and oxygen atoms in total. The number of nitrogens with zero attached hydrogens (tertiary/aromatic N) is 1. The molecule has 3 atom stereocenters. The van der Waals surface area contributed by atoms with Gasteiger partial charge in [-0.1, -0.05) is 13.8 Å². The molecule has 1 aliphatic carbocycles. The SMILES string of the molecule is COc1ccc(Br)c(C[C@H]2C(=O)CC[C@@H](C)[C@@H]2C)n1. The average Bonchev–Trinajstić information content (AvgIpc) is 2.41. The second-order valence-corrected chi connectivity index (χ2v) is 6.29. The van der Waals surface area contributed by atoms with Crippen molar-refractivity contribution in [2.24, 2.45) is 17.8 Å². The summed E-state index contributed by atoms with van der Waals surface area (Å²) < 4.78 is 6.11. The predicted octanol–water partition coefficient (Wildman–Crippen LogP) is 3.65. The highest BCUT2D eigenvalue weighted by Crippen LogP contribution is 2.35. The maximum absolute atomic E-state index is 12.1. The van der Waals surface area contributed by atoms with Gasteiger partial charge in [0.15, 0.2) is 0 Å². The van der Waals surface area contributed by atoms with E-state index in [9.17, 15) is 4.79 Å². The molecule has 104 valence electrons. The van der Waals surface area contributed by atoms with Crippen molar-refractivity contribution in [3.05, 3.63) is 22.3 Å². The summed E-state index contributed by atoms with van der Waals surface area (Å²) in [7, 11) is 1.61. The van der Waals surface area contributed by atoms with Gasteiger partial charge in [0.05, 0.1) is 12.8 Å². The minimum absolute atomic E-state index is 0.0830. The van der Waals surface area contributed by atoms with Gasteiger partial charge in [0, 0.05) is 29.3 Å². The number of methoxy groups -OCH3 is 1. The highest BCUT2D eigenvalue weighted by Gasteiger charge is 2.34. The third-order valence-corrected chi connectivity index (χ3v) is 5.03. The van der Waals surface area contributed by atoms with Crippen LogP contribution in [0.15, 0.2) is 16.6 Å². The first-order valence-corrected chi connectivity index (χ1v) is 7.54. The Morgan fingerprint density at radius 2 is 2.16 bits per heavy atom. The molecule has 0 N–H and O–H groups in total. The van der Waals surface area contributed by atoms with E-state index in [1.54, 1.807) is 7.11 Å². The lowest BCUT2D eigenvalue weighted by Crippen LogP contribution is -2.33. The van der Waals surface area contributed by atoms with E-state index in [1.807, 2.05) is 12.1 Å². The monoisotopic (exact) mass is 325 g/mol. The molecule has 1 saturated carbocycles. The van der Waals surface area contributed by atoms with Crippen LogP contribution >= 0.6 is 15.9 Å². The van der Waals surface area contributed by atoms with Gasteiger partial charge in [-0.2, -0.15) is 0 Å². The fourth-order valence-corrected chi connectivity index (χ4v) is 3.12. The van der Waals surface area contributed by atoms with Crippen molar-refractivity contribution in [2.45, 2.75) is 33.1 Å². The summed E-state index contributed by atoms with van der Waals surface area (Å²) in [6.45, 7) is 4.42. The first kappa shape index (κ1) is 14.5. The molecule has 19 heavy (non-hydrogen) atoms. The molecule has 0 bridgehead atoms. The number of carbonyl (C=O) groups excluding carboxylic acids is 1. The van der Waals surface area contributed by atoms with Crippen LogP contribution in [-0.2, 0) is 11.2 Å². The third-order valence-electron chi connectivity index (χ3n) is 4.31. The van der Waals surface area contributed by atoms with Crippen LogP contribution in [0, 0.1) is 17.8 Å². The van der Waals surface area contributed by atoms with Crippen LogP contribution < -0.4 is 4.74 Å². The quantitative estimate of drug-likeness (QED) is 0.851. The summed E-state index contributed by atoms with van der Waals surface area (Å²) in [6, 6.07) is 3.75. The molecule has 0 aromatic carbocycles. The zero-order valence-electron chi connectivity index (χ0n) is 11.6.